The minimum absolute atomic E-state index is 0.00398. The molecule has 1 aliphatic rings. The predicted molar refractivity (Wildman–Crippen MR) is 37.4 cm³/mol. The van der Waals surface area contributed by atoms with Gasteiger partial charge in [0.2, 0.25) is 5.91 Å². The van der Waals surface area contributed by atoms with E-state index in [1.54, 1.807) is 19.0 Å². The van der Waals surface area contributed by atoms with Crippen molar-refractivity contribution in [3.05, 3.63) is 0 Å². The minimum atomic E-state index is -0.385. The van der Waals surface area contributed by atoms with Crippen LogP contribution in [0.25, 0.3) is 0 Å². The first-order valence-corrected chi connectivity index (χ1v) is 3.45. The van der Waals surface area contributed by atoms with Crippen molar-refractivity contribution in [3.63, 3.8) is 0 Å². The summed E-state index contributed by atoms with van der Waals surface area (Å²) < 4.78 is 0. The highest BCUT2D eigenvalue weighted by Crippen LogP contribution is 2.46. The fourth-order valence-electron chi connectivity index (χ4n) is 1.06. The third-order valence-electron chi connectivity index (χ3n) is 2.02. The summed E-state index contributed by atoms with van der Waals surface area (Å²) in [5.41, 5.74) is -0.385. The van der Waals surface area contributed by atoms with Gasteiger partial charge in [-0.1, -0.05) is 0 Å². The van der Waals surface area contributed by atoms with Crippen molar-refractivity contribution in [1.29, 1.82) is 0 Å². The Morgan fingerprint density at radius 1 is 1.60 bits per heavy atom. The second-order valence-electron chi connectivity index (χ2n) is 3.14. The van der Waals surface area contributed by atoms with Gasteiger partial charge in [-0.05, 0) is 12.8 Å². The Morgan fingerprint density at radius 2 is 2.10 bits per heavy atom. The number of nitrogens with zero attached hydrogens (tertiary/aromatic N) is 1. The molecule has 0 spiro atoms. The Morgan fingerprint density at radius 3 is 2.20 bits per heavy atom. The molecule has 0 saturated heterocycles. The smallest absolute Gasteiger partial charge is 0.230 e. The number of aliphatic hydroxyl groups excluding tert-OH is 1. The molecular formula is C7H13NO2. The first-order chi connectivity index (χ1) is 4.62. The number of rotatable bonds is 2. The van der Waals surface area contributed by atoms with Gasteiger partial charge in [0.25, 0.3) is 0 Å². The average molecular weight is 143 g/mol. The molecule has 1 rings (SSSR count). The van der Waals surface area contributed by atoms with Crippen LogP contribution in [0, 0.1) is 5.41 Å². The van der Waals surface area contributed by atoms with Crippen molar-refractivity contribution in [2.45, 2.75) is 12.8 Å². The summed E-state index contributed by atoms with van der Waals surface area (Å²) >= 11 is 0. The first kappa shape index (κ1) is 7.54. The molecule has 0 aromatic carbocycles. The third kappa shape index (κ3) is 1.01. The second kappa shape index (κ2) is 2.23. The highest BCUT2D eigenvalue weighted by Gasteiger charge is 2.49. The van der Waals surface area contributed by atoms with Gasteiger partial charge in [0, 0.05) is 14.1 Å². The lowest BCUT2D eigenvalue weighted by Gasteiger charge is -2.16. The minimum Gasteiger partial charge on any atom is -0.395 e. The molecule has 0 radical (unpaired) electrons. The molecule has 1 N–H and O–H groups in total. The van der Waals surface area contributed by atoms with Crippen LogP contribution in [0.15, 0.2) is 0 Å². The van der Waals surface area contributed by atoms with Gasteiger partial charge in [-0.15, -0.1) is 0 Å². The topological polar surface area (TPSA) is 40.5 Å². The summed E-state index contributed by atoms with van der Waals surface area (Å²) in [6.07, 6.45) is 1.70. The van der Waals surface area contributed by atoms with Crippen LogP contribution >= 0.6 is 0 Å². The molecule has 0 unspecified atom stereocenters. The molecule has 1 aliphatic carbocycles. The maximum atomic E-state index is 11.2. The summed E-state index contributed by atoms with van der Waals surface area (Å²) in [6.45, 7) is 0.00398. The van der Waals surface area contributed by atoms with E-state index in [-0.39, 0.29) is 17.9 Å². The lowest BCUT2D eigenvalue weighted by molar-refractivity contribution is -0.135. The van der Waals surface area contributed by atoms with Crippen molar-refractivity contribution in [2.24, 2.45) is 5.41 Å². The van der Waals surface area contributed by atoms with Gasteiger partial charge in [-0.2, -0.15) is 0 Å². The Labute approximate surface area is 60.6 Å². The molecule has 0 heterocycles. The van der Waals surface area contributed by atoms with Crippen LogP contribution in [0.3, 0.4) is 0 Å². The van der Waals surface area contributed by atoms with Gasteiger partial charge in [-0.3, -0.25) is 4.79 Å². The lowest BCUT2D eigenvalue weighted by Crippen LogP contribution is -2.33. The van der Waals surface area contributed by atoms with Crippen LogP contribution in [0.2, 0.25) is 0 Å². The Bertz CT molecular complexity index is 150. The largest absolute Gasteiger partial charge is 0.395 e. The molecule has 0 aliphatic heterocycles. The van der Waals surface area contributed by atoms with Crippen molar-refractivity contribution in [2.75, 3.05) is 20.7 Å². The van der Waals surface area contributed by atoms with Crippen LogP contribution in [-0.4, -0.2) is 36.6 Å². The molecule has 10 heavy (non-hydrogen) atoms. The van der Waals surface area contributed by atoms with Crippen molar-refractivity contribution in [1.82, 2.24) is 4.90 Å². The summed E-state index contributed by atoms with van der Waals surface area (Å²) in [5, 5.41) is 8.83. The molecule has 0 aromatic rings. The molecular weight excluding hydrogens is 130 g/mol. The van der Waals surface area contributed by atoms with E-state index in [1.807, 2.05) is 0 Å². The normalized spacial score (nSPS) is 20.3. The summed E-state index contributed by atoms with van der Waals surface area (Å²) in [5.74, 6) is 0.0648. The Balaban J connectivity index is 2.56. The van der Waals surface area contributed by atoms with E-state index in [1.165, 1.54) is 0 Å². The number of hydrogen-bond donors (Lipinski definition) is 1. The molecule has 58 valence electrons. The molecule has 0 bridgehead atoms. The van der Waals surface area contributed by atoms with Crippen LogP contribution in [0.1, 0.15) is 12.8 Å². The monoisotopic (exact) mass is 143 g/mol. The molecule has 0 atom stereocenters. The van der Waals surface area contributed by atoms with Crippen molar-refractivity contribution in [3.8, 4) is 0 Å². The van der Waals surface area contributed by atoms with E-state index in [9.17, 15) is 4.79 Å². The fraction of sp³-hybridized carbons (Fsp3) is 0.857. The molecule has 1 saturated carbocycles. The maximum absolute atomic E-state index is 11.2. The van der Waals surface area contributed by atoms with Crippen LogP contribution in [0.4, 0.5) is 0 Å². The second-order valence-corrected chi connectivity index (χ2v) is 3.14. The molecule has 3 heteroatoms. The van der Waals surface area contributed by atoms with E-state index in [2.05, 4.69) is 0 Å². The third-order valence-corrected chi connectivity index (χ3v) is 2.02. The van der Waals surface area contributed by atoms with Gasteiger partial charge in [0.1, 0.15) is 0 Å². The van der Waals surface area contributed by atoms with E-state index in [0.717, 1.165) is 12.8 Å². The SMILES string of the molecule is CN(C)C(=O)C1(CO)CC1. The highest BCUT2D eigenvalue weighted by atomic mass is 16.3. The zero-order chi connectivity index (χ0) is 7.78. The molecule has 0 aromatic heterocycles. The number of aliphatic hydroxyl groups is 1. The van der Waals surface area contributed by atoms with Gasteiger partial charge in [0.15, 0.2) is 0 Å². The van der Waals surface area contributed by atoms with Gasteiger partial charge < -0.3 is 10.0 Å². The van der Waals surface area contributed by atoms with Crippen LogP contribution < -0.4 is 0 Å². The van der Waals surface area contributed by atoms with Crippen molar-refractivity contribution < 1.29 is 9.90 Å². The molecule has 1 amide bonds. The number of carbonyl (C=O) groups excluding carboxylic acids is 1. The summed E-state index contributed by atoms with van der Waals surface area (Å²) in [4.78, 5) is 12.8. The Kier molecular flexibility index (Phi) is 1.68. The van der Waals surface area contributed by atoms with Crippen molar-refractivity contribution >= 4 is 5.91 Å². The van der Waals surface area contributed by atoms with Gasteiger partial charge in [0.05, 0.1) is 12.0 Å². The highest BCUT2D eigenvalue weighted by molar-refractivity contribution is 5.85. The first-order valence-electron chi connectivity index (χ1n) is 3.45. The van der Waals surface area contributed by atoms with Crippen LogP contribution in [-0.2, 0) is 4.79 Å². The average Bonchev–Trinajstić information content (AvgIpc) is 2.66. The fourth-order valence-corrected chi connectivity index (χ4v) is 1.06. The molecule has 3 nitrogen and oxygen atoms in total. The summed E-state index contributed by atoms with van der Waals surface area (Å²) in [6, 6.07) is 0. The molecule has 1 fully saturated rings. The van der Waals surface area contributed by atoms with E-state index >= 15 is 0 Å². The zero-order valence-corrected chi connectivity index (χ0v) is 6.42. The lowest BCUT2D eigenvalue weighted by atomic mass is 10.1. The van der Waals surface area contributed by atoms with E-state index < -0.39 is 0 Å². The number of amides is 1. The van der Waals surface area contributed by atoms with Gasteiger partial charge >= 0.3 is 0 Å². The zero-order valence-electron chi connectivity index (χ0n) is 6.42. The van der Waals surface area contributed by atoms with Gasteiger partial charge in [-0.25, -0.2) is 0 Å². The summed E-state index contributed by atoms with van der Waals surface area (Å²) in [7, 11) is 3.44. The van der Waals surface area contributed by atoms with E-state index in [4.69, 9.17) is 5.11 Å². The quantitative estimate of drug-likeness (QED) is 0.584. The standard InChI is InChI=1S/C7H13NO2/c1-8(2)6(10)7(5-9)3-4-7/h9H,3-5H2,1-2H3. The number of carbonyl (C=O) groups is 1. The number of hydrogen-bond acceptors (Lipinski definition) is 2. The Hall–Kier alpha value is -0.570. The van der Waals surface area contributed by atoms with E-state index in [0.29, 0.717) is 0 Å². The predicted octanol–water partition coefficient (Wildman–Crippen LogP) is -0.153. The van der Waals surface area contributed by atoms with Crippen LogP contribution in [0.5, 0.6) is 0 Å². The maximum Gasteiger partial charge on any atom is 0.230 e.